The SMILES string of the molecule is C=C(Br)CNS(=O)(=O)c1ccc(CNC)cc1. The first-order chi connectivity index (χ1) is 7.95. The lowest BCUT2D eigenvalue weighted by molar-refractivity contribution is 0.585. The van der Waals surface area contributed by atoms with Crippen molar-refractivity contribution < 1.29 is 8.42 Å². The Bertz CT molecular complexity index is 483. The number of benzene rings is 1. The van der Waals surface area contributed by atoms with Crippen molar-refractivity contribution in [2.75, 3.05) is 13.6 Å². The Labute approximate surface area is 110 Å². The molecule has 0 unspecified atom stereocenters. The first-order valence-electron chi connectivity index (χ1n) is 5.02. The first kappa shape index (κ1) is 14.4. The summed E-state index contributed by atoms with van der Waals surface area (Å²) in [6.07, 6.45) is 0. The van der Waals surface area contributed by atoms with Gasteiger partial charge in [0.1, 0.15) is 0 Å². The molecule has 6 heteroatoms. The fraction of sp³-hybridized carbons (Fsp3) is 0.273. The van der Waals surface area contributed by atoms with Gasteiger partial charge in [-0.1, -0.05) is 34.6 Å². The van der Waals surface area contributed by atoms with Crippen LogP contribution in [0.15, 0.2) is 40.2 Å². The highest BCUT2D eigenvalue weighted by molar-refractivity contribution is 9.11. The topological polar surface area (TPSA) is 58.2 Å². The van der Waals surface area contributed by atoms with Crippen LogP contribution in [-0.2, 0) is 16.6 Å². The summed E-state index contributed by atoms with van der Waals surface area (Å²) in [5.74, 6) is 0. The average Bonchev–Trinajstić information content (AvgIpc) is 2.28. The standard InChI is InChI=1S/C11H15BrN2O2S/c1-9(12)7-14-17(15,16)11-5-3-10(4-6-11)8-13-2/h3-6,13-14H,1,7-8H2,2H3. The Morgan fingerprint density at radius 2 is 1.94 bits per heavy atom. The summed E-state index contributed by atoms with van der Waals surface area (Å²) in [7, 11) is -1.61. The van der Waals surface area contributed by atoms with Gasteiger partial charge in [0.05, 0.1) is 4.90 Å². The number of nitrogens with one attached hydrogen (secondary N) is 2. The molecule has 0 saturated carbocycles. The minimum absolute atomic E-state index is 0.181. The van der Waals surface area contributed by atoms with Crippen molar-refractivity contribution in [3.63, 3.8) is 0 Å². The van der Waals surface area contributed by atoms with E-state index in [-0.39, 0.29) is 11.4 Å². The maximum Gasteiger partial charge on any atom is 0.240 e. The van der Waals surface area contributed by atoms with Gasteiger partial charge in [0, 0.05) is 17.6 Å². The fourth-order valence-corrected chi connectivity index (χ4v) is 2.60. The summed E-state index contributed by atoms with van der Waals surface area (Å²) in [6.45, 7) is 4.47. The van der Waals surface area contributed by atoms with E-state index in [1.807, 2.05) is 7.05 Å². The van der Waals surface area contributed by atoms with Gasteiger partial charge in [-0.15, -0.1) is 0 Å². The van der Waals surface area contributed by atoms with Crippen LogP contribution in [0.3, 0.4) is 0 Å². The van der Waals surface area contributed by atoms with E-state index in [4.69, 9.17) is 0 Å². The summed E-state index contributed by atoms with van der Waals surface area (Å²) in [4.78, 5) is 0.256. The molecule has 0 bridgehead atoms. The Hall–Kier alpha value is -0.690. The van der Waals surface area contributed by atoms with Gasteiger partial charge in [-0.3, -0.25) is 0 Å². The average molecular weight is 319 g/mol. The highest BCUT2D eigenvalue weighted by Gasteiger charge is 2.12. The fourth-order valence-electron chi connectivity index (χ4n) is 1.25. The molecule has 0 spiro atoms. The molecule has 0 fully saturated rings. The second kappa shape index (κ2) is 6.30. The summed E-state index contributed by atoms with van der Waals surface area (Å²) >= 11 is 3.10. The Morgan fingerprint density at radius 3 is 2.41 bits per heavy atom. The minimum Gasteiger partial charge on any atom is -0.316 e. The van der Waals surface area contributed by atoms with Crippen LogP contribution in [0.1, 0.15) is 5.56 Å². The molecule has 0 amide bonds. The van der Waals surface area contributed by atoms with Crippen LogP contribution < -0.4 is 10.0 Å². The molecule has 0 aliphatic heterocycles. The van der Waals surface area contributed by atoms with Gasteiger partial charge < -0.3 is 5.32 Å². The molecule has 0 aromatic heterocycles. The van der Waals surface area contributed by atoms with Gasteiger partial charge in [0.2, 0.25) is 10.0 Å². The lowest BCUT2D eigenvalue weighted by atomic mass is 10.2. The number of hydrogen-bond donors (Lipinski definition) is 2. The van der Waals surface area contributed by atoms with E-state index in [2.05, 4.69) is 32.5 Å². The number of sulfonamides is 1. The predicted molar refractivity (Wildman–Crippen MR) is 72.5 cm³/mol. The van der Waals surface area contributed by atoms with E-state index in [1.165, 1.54) is 0 Å². The second-order valence-electron chi connectivity index (χ2n) is 3.52. The molecule has 0 heterocycles. The third kappa shape index (κ3) is 4.59. The van der Waals surface area contributed by atoms with Crippen LogP contribution >= 0.6 is 15.9 Å². The zero-order valence-corrected chi connectivity index (χ0v) is 11.9. The summed E-state index contributed by atoms with van der Waals surface area (Å²) in [6, 6.07) is 6.75. The second-order valence-corrected chi connectivity index (χ2v) is 6.40. The molecule has 0 aliphatic rings. The van der Waals surface area contributed by atoms with Crippen LogP contribution in [0.2, 0.25) is 0 Å². The number of rotatable bonds is 6. The zero-order valence-electron chi connectivity index (χ0n) is 9.53. The molecule has 2 N–H and O–H groups in total. The summed E-state index contributed by atoms with van der Waals surface area (Å²) in [5, 5.41) is 3.00. The van der Waals surface area contributed by atoms with Gasteiger partial charge in [0.15, 0.2) is 0 Å². The predicted octanol–water partition coefficient (Wildman–Crippen LogP) is 1.59. The molecule has 0 aliphatic carbocycles. The number of hydrogen-bond acceptors (Lipinski definition) is 3. The van der Waals surface area contributed by atoms with Gasteiger partial charge in [-0.2, -0.15) is 0 Å². The molecule has 1 rings (SSSR count). The van der Waals surface area contributed by atoms with Crippen LogP contribution in [0.25, 0.3) is 0 Å². The monoisotopic (exact) mass is 318 g/mol. The van der Waals surface area contributed by atoms with Crippen LogP contribution in [0, 0.1) is 0 Å². The van der Waals surface area contributed by atoms with E-state index in [0.717, 1.165) is 5.56 Å². The molecule has 17 heavy (non-hydrogen) atoms. The lowest BCUT2D eigenvalue weighted by Gasteiger charge is -2.07. The van der Waals surface area contributed by atoms with Crippen molar-refractivity contribution in [1.29, 1.82) is 0 Å². The van der Waals surface area contributed by atoms with Crippen molar-refractivity contribution in [3.8, 4) is 0 Å². The summed E-state index contributed by atoms with van der Waals surface area (Å²) in [5.41, 5.74) is 1.04. The largest absolute Gasteiger partial charge is 0.316 e. The van der Waals surface area contributed by atoms with Crippen molar-refractivity contribution >= 4 is 26.0 Å². The van der Waals surface area contributed by atoms with Gasteiger partial charge in [-0.25, -0.2) is 13.1 Å². The van der Waals surface area contributed by atoms with E-state index in [1.54, 1.807) is 24.3 Å². The lowest BCUT2D eigenvalue weighted by Crippen LogP contribution is -2.24. The molecule has 4 nitrogen and oxygen atoms in total. The van der Waals surface area contributed by atoms with Crippen LogP contribution in [-0.4, -0.2) is 22.0 Å². The highest BCUT2D eigenvalue weighted by Crippen LogP contribution is 2.11. The quantitative estimate of drug-likeness (QED) is 0.837. The third-order valence-corrected chi connectivity index (χ3v) is 3.77. The van der Waals surface area contributed by atoms with Crippen molar-refractivity contribution in [2.24, 2.45) is 0 Å². The van der Waals surface area contributed by atoms with Gasteiger partial charge >= 0.3 is 0 Å². The Morgan fingerprint density at radius 1 is 1.35 bits per heavy atom. The Balaban J connectivity index is 2.81. The molecule has 0 radical (unpaired) electrons. The van der Waals surface area contributed by atoms with Gasteiger partial charge in [0.25, 0.3) is 0 Å². The van der Waals surface area contributed by atoms with Crippen molar-refractivity contribution in [2.45, 2.75) is 11.4 Å². The van der Waals surface area contributed by atoms with E-state index in [0.29, 0.717) is 11.0 Å². The molecule has 0 atom stereocenters. The first-order valence-corrected chi connectivity index (χ1v) is 7.30. The van der Waals surface area contributed by atoms with Crippen molar-refractivity contribution in [1.82, 2.24) is 10.0 Å². The molecule has 94 valence electrons. The van der Waals surface area contributed by atoms with Crippen LogP contribution in [0.4, 0.5) is 0 Å². The molecular formula is C11H15BrN2O2S. The molecule has 0 saturated heterocycles. The maximum atomic E-state index is 11.8. The van der Waals surface area contributed by atoms with E-state index < -0.39 is 10.0 Å². The maximum absolute atomic E-state index is 11.8. The Kier molecular flexibility index (Phi) is 5.32. The molecular weight excluding hydrogens is 304 g/mol. The van der Waals surface area contributed by atoms with E-state index in [9.17, 15) is 8.42 Å². The summed E-state index contributed by atoms with van der Waals surface area (Å²) < 4.78 is 26.7. The zero-order chi connectivity index (χ0) is 12.9. The molecule has 1 aromatic carbocycles. The van der Waals surface area contributed by atoms with Gasteiger partial charge in [-0.05, 0) is 24.7 Å². The normalized spacial score (nSPS) is 11.4. The smallest absolute Gasteiger partial charge is 0.240 e. The van der Waals surface area contributed by atoms with Crippen molar-refractivity contribution in [3.05, 3.63) is 40.9 Å². The van der Waals surface area contributed by atoms with E-state index >= 15 is 0 Å². The highest BCUT2D eigenvalue weighted by atomic mass is 79.9. The molecule has 1 aromatic rings. The third-order valence-electron chi connectivity index (χ3n) is 2.07. The minimum atomic E-state index is -3.45. The number of halogens is 1. The van der Waals surface area contributed by atoms with Crippen LogP contribution in [0.5, 0.6) is 0 Å².